The van der Waals surface area contributed by atoms with Gasteiger partial charge in [-0.2, -0.15) is 0 Å². The number of carbonyl (C=O) groups excluding carboxylic acids is 2. The zero-order chi connectivity index (χ0) is 30.0. The van der Waals surface area contributed by atoms with Gasteiger partial charge >= 0.3 is 19.5 Å². The summed E-state index contributed by atoms with van der Waals surface area (Å²) in [5, 5.41) is 5.51. The molecule has 0 spiro atoms. The number of nitrogens with zero attached hydrogens (tertiary/aromatic N) is 2. The Hall–Kier alpha value is -3.52. The van der Waals surface area contributed by atoms with Crippen molar-refractivity contribution < 1.29 is 97.8 Å². The van der Waals surface area contributed by atoms with Gasteiger partial charge in [0.25, 0.3) is 11.8 Å². The minimum Gasteiger partial charge on any atom is -0.457 e. The van der Waals surface area contributed by atoms with Gasteiger partial charge in [-0.05, 0) is 48.5 Å². The molecule has 43 heavy (non-hydrogen) atoms. The molecule has 2 aromatic carbocycles. The van der Waals surface area contributed by atoms with E-state index in [1.807, 2.05) is 60.7 Å². The van der Waals surface area contributed by atoms with E-state index >= 15 is 0 Å². The van der Waals surface area contributed by atoms with Crippen LogP contribution in [0.3, 0.4) is 0 Å². The quantitative estimate of drug-likeness (QED) is 0.148. The molecule has 0 unspecified atom stereocenters. The number of halogens is 2. The zero-order valence-corrected chi connectivity index (χ0v) is 26.5. The first kappa shape index (κ1) is 43.9. The topological polar surface area (TPSA) is 334 Å². The predicted molar refractivity (Wildman–Crippen MR) is 127 cm³/mol. The Morgan fingerprint density at radius 3 is 0.977 bits per heavy atom. The molecule has 0 saturated carbocycles. The number of amides is 2. The molecule has 0 bridgehead atoms. The minimum absolute atomic E-state index is 0. The number of rotatable bonds is 4. The molecule has 0 aliphatic heterocycles. The Bertz CT molecular complexity index is 1160. The van der Waals surface area contributed by atoms with Crippen molar-refractivity contribution in [2.75, 3.05) is 10.6 Å². The van der Waals surface area contributed by atoms with E-state index in [0.717, 1.165) is 11.4 Å². The van der Waals surface area contributed by atoms with Gasteiger partial charge in [0.2, 0.25) is 0 Å². The molecule has 0 fully saturated rings. The first-order valence-electron chi connectivity index (χ1n) is 10.5. The maximum absolute atomic E-state index is 11.6. The van der Waals surface area contributed by atoms with Crippen molar-refractivity contribution in [1.29, 1.82) is 0 Å². The summed E-state index contributed by atoms with van der Waals surface area (Å²) in [5.41, 5.74) is 2.38. The fourth-order valence-corrected chi connectivity index (χ4v) is 2.43. The van der Waals surface area contributed by atoms with Crippen molar-refractivity contribution in [3.63, 3.8) is 0 Å². The maximum atomic E-state index is 11.6. The Morgan fingerprint density at radius 2 is 0.744 bits per heavy atom. The average Bonchev–Trinajstić information content (AvgIpc) is 2.89. The largest absolute Gasteiger partial charge is 2.00 e. The van der Waals surface area contributed by atoms with E-state index in [2.05, 4.69) is 20.6 Å². The van der Waals surface area contributed by atoms with Crippen molar-refractivity contribution in [1.82, 2.24) is 9.97 Å². The first-order chi connectivity index (χ1) is 18.7. The van der Waals surface area contributed by atoms with Gasteiger partial charge in [0, 0.05) is 23.8 Å². The molecule has 8 N–H and O–H groups in total. The molecule has 2 heterocycles. The normalized spacial score (nSPS) is 9.49. The minimum atomic E-state index is -4.94. The molecular formula is C24H26Cl2N4O12Zn+2. The molecule has 2 amide bonds. The summed E-state index contributed by atoms with van der Waals surface area (Å²) in [5.74, 6) is -0.386. The van der Waals surface area contributed by atoms with Crippen molar-refractivity contribution in [2.24, 2.45) is 0 Å². The number of benzene rings is 2. The van der Waals surface area contributed by atoms with E-state index in [1.165, 1.54) is 0 Å². The van der Waals surface area contributed by atoms with E-state index in [9.17, 15) is 9.59 Å². The van der Waals surface area contributed by atoms with E-state index in [1.54, 1.807) is 48.8 Å². The number of para-hydroxylation sites is 2. The van der Waals surface area contributed by atoms with Crippen molar-refractivity contribution in [3.8, 4) is 0 Å². The van der Waals surface area contributed by atoms with E-state index in [0.29, 0.717) is 11.4 Å². The van der Waals surface area contributed by atoms with Gasteiger partial charge in [-0.25, -0.2) is 37.3 Å². The van der Waals surface area contributed by atoms with Crippen LogP contribution in [0.25, 0.3) is 0 Å². The van der Waals surface area contributed by atoms with Crippen molar-refractivity contribution >= 4 is 23.2 Å². The number of hydrogen-bond acceptors (Lipinski definition) is 12. The number of nitrogens with one attached hydrogen (secondary N) is 2. The van der Waals surface area contributed by atoms with E-state index < -0.39 is 20.5 Å². The number of carbonyl (C=O) groups is 2. The molecule has 16 nitrogen and oxygen atoms in total. The molecule has 0 aliphatic rings. The van der Waals surface area contributed by atoms with Crippen LogP contribution in [0, 0.1) is 20.5 Å². The number of pyridine rings is 2. The second kappa shape index (κ2) is 23.0. The molecule has 19 heteroatoms. The van der Waals surface area contributed by atoms with Gasteiger partial charge in [-0.1, -0.05) is 48.5 Å². The van der Waals surface area contributed by atoms with E-state index in [-0.39, 0.29) is 42.2 Å². The number of anilines is 2. The van der Waals surface area contributed by atoms with Crippen LogP contribution in [0.1, 0.15) is 21.0 Å². The van der Waals surface area contributed by atoms with Gasteiger partial charge in [0.05, 0.1) is 0 Å². The van der Waals surface area contributed by atoms with Crippen LogP contribution in [-0.4, -0.2) is 21.8 Å². The summed E-state index contributed by atoms with van der Waals surface area (Å²) in [7, 11) is -9.89. The van der Waals surface area contributed by atoms with Crippen LogP contribution in [0.15, 0.2) is 109 Å². The molecular weight excluding hydrogens is 673 g/mol. The van der Waals surface area contributed by atoms with Crippen molar-refractivity contribution in [2.45, 2.75) is 0 Å². The fraction of sp³-hybridized carbons (Fsp3) is 0. The van der Waals surface area contributed by atoms with Crippen LogP contribution in [-0.2, 0) is 30.4 Å². The molecule has 0 atom stereocenters. The van der Waals surface area contributed by atoms with Crippen LogP contribution < -0.4 is 47.9 Å². The van der Waals surface area contributed by atoms with Crippen LogP contribution in [0.5, 0.6) is 0 Å². The molecule has 228 valence electrons. The van der Waals surface area contributed by atoms with Crippen LogP contribution in [0.4, 0.5) is 11.4 Å². The summed E-state index contributed by atoms with van der Waals surface area (Å²) < 4.78 is 67.9. The molecule has 4 aromatic rings. The zero-order valence-electron chi connectivity index (χ0n) is 22.0. The van der Waals surface area contributed by atoms with Crippen LogP contribution >= 0.6 is 0 Å². The average molecular weight is 699 g/mol. The third-order valence-electron chi connectivity index (χ3n) is 3.86. The SMILES string of the molecule is O=C(Nc1ccccc1)c1ccccn1.O=C(Nc1ccccc1)c1ccccn1.[O-][Cl+3]([O-])([O-])[O-].[O-][Cl+3]([O-])([O-])[O-].[OH3+].[OH3+].[Zn+2]. The third-order valence-corrected chi connectivity index (χ3v) is 3.86. The van der Waals surface area contributed by atoms with Gasteiger partial charge < -0.3 is 21.6 Å². The summed E-state index contributed by atoms with van der Waals surface area (Å²) in [4.78, 5) is 31.2. The molecule has 0 saturated heterocycles. The predicted octanol–water partition coefficient (Wildman–Crippen LogP) is -6.69. The van der Waals surface area contributed by atoms with Gasteiger partial charge in [-0.3, -0.25) is 19.6 Å². The fourth-order valence-electron chi connectivity index (χ4n) is 2.43. The third kappa shape index (κ3) is 25.9. The van der Waals surface area contributed by atoms with Gasteiger partial charge in [0.1, 0.15) is 11.4 Å². The summed E-state index contributed by atoms with van der Waals surface area (Å²) >= 11 is 0. The molecule has 0 radical (unpaired) electrons. The monoisotopic (exact) mass is 696 g/mol. The Labute approximate surface area is 261 Å². The number of aromatic nitrogens is 2. The Kier molecular flexibility index (Phi) is 23.5. The Balaban J connectivity index is -0.000000541. The second-order valence-electron chi connectivity index (χ2n) is 6.83. The number of hydrogen-bond donors (Lipinski definition) is 2. The summed E-state index contributed by atoms with van der Waals surface area (Å²) in [6, 6.07) is 29.1. The van der Waals surface area contributed by atoms with Crippen molar-refractivity contribution in [3.05, 3.63) is 121 Å². The molecule has 0 aliphatic carbocycles. The summed E-state index contributed by atoms with van der Waals surface area (Å²) in [6.45, 7) is 0. The summed E-state index contributed by atoms with van der Waals surface area (Å²) in [6.07, 6.45) is 3.19. The first-order valence-corrected chi connectivity index (χ1v) is 13.0. The molecule has 4 rings (SSSR count). The standard InChI is InChI=1S/2C12H10N2O.2ClHO4.2H2O.Zn/c2*15-12(11-8-4-5-9-13-11)14-10-6-2-1-3-7-10;2*2-1(3,4)5;;;/h2*1-9H,(H,14,15);2*(H,2,3,4,5);2*1H2;/q;;;;;;+2. The van der Waals surface area contributed by atoms with Crippen LogP contribution in [0.2, 0.25) is 0 Å². The van der Waals surface area contributed by atoms with E-state index in [4.69, 9.17) is 37.3 Å². The Morgan fingerprint density at radius 1 is 0.488 bits per heavy atom. The second-order valence-corrected chi connectivity index (χ2v) is 8.34. The molecule has 2 aromatic heterocycles. The smallest absolute Gasteiger partial charge is 0.457 e. The van der Waals surface area contributed by atoms with Gasteiger partial charge in [-0.15, -0.1) is 20.5 Å². The maximum Gasteiger partial charge on any atom is 2.00 e. The van der Waals surface area contributed by atoms with Gasteiger partial charge in [0.15, 0.2) is 0 Å².